The van der Waals surface area contributed by atoms with E-state index >= 15 is 0 Å². The zero-order valence-electron chi connectivity index (χ0n) is 5.44. The minimum atomic E-state index is -1.15. The highest BCUT2D eigenvalue weighted by atomic mass is 16.6. The van der Waals surface area contributed by atoms with E-state index in [1.807, 2.05) is 0 Å². The van der Waals surface area contributed by atoms with Crippen molar-refractivity contribution < 1.29 is 18.7 Å². The van der Waals surface area contributed by atoms with Crippen LogP contribution in [-0.2, 0) is 4.74 Å². The molecule has 5 heteroatoms. The highest BCUT2D eigenvalue weighted by Gasteiger charge is 2.11. The van der Waals surface area contributed by atoms with Crippen LogP contribution in [0.2, 0.25) is 0 Å². The number of nitrogens with two attached hydrogens (primary N) is 1. The number of esters is 1. The number of hydrogen-bond acceptors (Lipinski definition) is 4. The molecule has 0 unspecified atom stereocenters. The van der Waals surface area contributed by atoms with Crippen LogP contribution in [0.25, 0.3) is 0 Å². The molecule has 0 aliphatic heterocycles. The highest BCUT2D eigenvalue weighted by Crippen LogP contribution is 2.01. The van der Waals surface area contributed by atoms with Crippen molar-refractivity contribution in [1.29, 1.82) is 0 Å². The number of carbonyl (C=O) groups excluding carboxylic acids is 2. The fourth-order valence-electron chi connectivity index (χ4n) is 0.536. The monoisotopic (exact) mass is 155 g/mol. The fraction of sp³-hybridized carbons (Fsp3) is 0. The van der Waals surface area contributed by atoms with Crippen molar-refractivity contribution >= 4 is 12.1 Å². The molecule has 1 amide bonds. The van der Waals surface area contributed by atoms with Gasteiger partial charge in [-0.3, -0.25) is 0 Å². The number of hydrogen-bond donors (Lipinski definition) is 1. The summed E-state index contributed by atoms with van der Waals surface area (Å²) in [6.07, 6.45) is 0.142. The van der Waals surface area contributed by atoms with E-state index in [1.54, 1.807) is 0 Å². The van der Waals surface area contributed by atoms with E-state index in [9.17, 15) is 9.59 Å². The minimum absolute atomic E-state index is 0.0520. The van der Waals surface area contributed by atoms with Crippen LogP contribution in [0.3, 0.4) is 0 Å². The van der Waals surface area contributed by atoms with Gasteiger partial charge in [0.1, 0.15) is 0 Å². The van der Waals surface area contributed by atoms with Crippen LogP contribution in [-0.4, -0.2) is 12.1 Å². The van der Waals surface area contributed by atoms with Gasteiger partial charge in [0.25, 0.3) is 0 Å². The number of rotatable bonds is 1. The lowest BCUT2D eigenvalue weighted by atomic mass is 10.5. The lowest BCUT2D eigenvalue weighted by molar-refractivity contribution is 0.0604. The maximum Gasteiger partial charge on any atom is 0.412 e. The smallest absolute Gasteiger partial charge is 0.412 e. The van der Waals surface area contributed by atoms with Crippen LogP contribution in [0.15, 0.2) is 22.8 Å². The van der Waals surface area contributed by atoms with E-state index in [1.165, 1.54) is 18.4 Å². The molecule has 1 heterocycles. The minimum Gasteiger partial charge on any atom is -0.457 e. The van der Waals surface area contributed by atoms with E-state index in [2.05, 4.69) is 14.9 Å². The molecule has 0 spiro atoms. The first-order chi connectivity index (χ1) is 5.20. The third kappa shape index (κ3) is 1.82. The molecular weight excluding hydrogens is 150 g/mol. The van der Waals surface area contributed by atoms with Crippen LogP contribution in [0.1, 0.15) is 10.6 Å². The standard InChI is InChI=1S/C6H5NO4/c7-6(9)11-5(8)4-2-1-3-10-4/h1-3H,(H2,7,9). The van der Waals surface area contributed by atoms with Gasteiger partial charge in [-0.25, -0.2) is 9.59 Å². The topological polar surface area (TPSA) is 82.5 Å². The van der Waals surface area contributed by atoms with Gasteiger partial charge in [0.15, 0.2) is 0 Å². The van der Waals surface area contributed by atoms with Crippen LogP contribution in [0.5, 0.6) is 0 Å². The molecule has 0 atom stereocenters. The van der Waals surface area contributed by atoms with Gasteiger partial charge in [0.2, 0.25) is 5.76 Å². The normalized spacial score (nSPS) is 9.09. The van der Waals surface area contributed by atoms with Gasteiger partial charge < -0.3 is 14.9 Å². The predicted molar refractivity (Wildman–Crippen MR) is 33.7 cm³/mol. The first kappa shape index (κ1) is 7.33. The van der Waals surface area contributed by atoms with E-state index in [0.29, 0.717) is 0 Å². The lowest BCUT2D eigenvalue weighted by Gasteiger charge is -1.93. The third-order valence-electron chi connectivity index (χ3n) is 0.916. The molecule has 2 N–H and O–H groups in total. The van der Waals surface area contributed by atoms with Crippen molar-refractivity contribution in [3.05, 3.63) is 24.2 Å². The maximum atomic E-state index is 10.7. The van der Waals surface area contributed by atoms with E-state index in [4.69, 9.17) is 0 Å². The van der Waals surface area contributed by atoms with Gasteiger partial charge in [-0.15, -0.1) is 0 Å². The molecule has 1 aromatic rings. The van der Waals surface area contributed by atoms with Gasteiger partial charge in [-0.1, -0.05) is 0 Å². The van der Waals surface area contributed by atoms with Crippen LogP contribution < -0.4 is 5.73 Å². The van der Waals surface area contributed by atoms with E-state index < -0.39 is 12.1 Å². The molecule has 0 radical (unpaired) electrons. The van der Waals surface area contributed by atoms with Gasteiger partial charge in [0, 0.05) is 0 Å². The summed E-state index contributed by atoms with van der Waals surface area (Å²) in [6, 6.07) is 2.86. The zero-order valence-corrected chi connectivity index (χ0v) is 5.44. The summed E-state index contributed by atoms with van der Waals surface area (Å²) in [5.74, 6) is -0.939. The summed E-state index contributed by atoms with van der Waals surface area (Å²) in [5, 5.41) is 0. The number of furan rings is 1. The molecule has 0 aromatic carbocycles. The summed E-state index contributed by atoms with van der Waals surface area (Å²) in [7, 11) is 0. The second-order valence-electron chi connectivity index (χ2n) is 1.69. The second-order valence-corrected chi connectivity index (χ2v) is 1.69. The van der Waals surface area contributed by atoms with Gasteiger partial charge in [-0.05, 0) is 12.1 Å². The Morgan fingerprint density at radius 1 is 1.55 bits per heavy atom. The SMILES string of the molecule is NC(=O)OC(=O)c1ccco1. The maximum absolute atomic E-state index is 10.7. The van der Waals surface area contributed by atoms with Crippen molar-refractivity contribution in [2.24, 2.45) is 5.73 Å². The molecule has 11 heavy (non-hydrogen) atoms. The average Bonchev–Trinajstić information content (AvgIpc) is 2.35. The van der Waals surface area contributed by atoms with Crippen LogP contribution in [0, 0.1) is 0 Å². The second kappa shape index (κ2) is 2.87. The Bertz CT molecular complexity index is 264. The highest BCUT2D eigenvalue weighted by molar-refractivity contribution is 5.93. The van der Waals surface area contributed by atoms with Crippen molar-refractivity contribution in [3.8, 4) is 0 Å². The Hall–Kier alpha value is -1.78. The summed E-state index contributed by atoms with van der Waals surface area (Å²) >= 11 is 0. The van der Waals surface area contributed by atoms with Crippen LogP contribution in [0.4, 0.5) is 4.79 Å². The number of carbonyl (C=O) groups is 2. The molecule has 5 nitrogen and oxygen atoms in total. The molecule has 0 fully saturated rings. The Balaban J connectivity index is 2.64. The molecule has 1 rings (SSSR count). The fourth-order valence-corrected chi connectivity index (χ4v) is 0.536. The largest absolute Gasteiger partial charge is 0.457 e. The molecule has 0 saturated carbocycles. The molecule has 1 aromatic heterocycles. The zero-order chi connectivity index (χ0) is 8.27. The van der Waals surface area contributed by atoms with Gasteiger partial charge >= 0.3 is 12.1 Å². The number of ether oxygens (including phenoxy) is 1. The van der Waals surface area contributed by atoms with Gasteiger partial charge in [-0.2, -0.15) is 0 Å². The number of primary amides is 1. The Kier molecular flexibility index (Phi) is 1.91. The molecule has 58 valence electrons. The molecule has 0 saturated heterocycles. The third-order valence-corrected chi connectivity index (χ3v) is 0.916. The summed E-state index contributed by atoms with van der Waals surface area (Å²) < 4.78 is 8.61. The number of amides is 1. The Morgan fingerprint density at radius 3 is 2.73 bits per heavy atom. The van der Waals surface area contributed by atoms with E-state index in [0.717, 1.165) is 0 Å². The van der Waals surface area contributed by atoms with Crippen molar-refractivity contribution in [2.45, 2.75) is 0 Å². The quantitative estimate of drug-likeness (QED) is 0.473. The lowest BCUT2D eigenvalue weighted by Crippen LogP contribution is -2.17. The molecule has 0 aliphatic rings. The van der Waals surface area contributed by atoms with Crippen LogP contribution >= 0.6 is 0 Å². The first-order valence-corrected chi connectivity index (χ1v) is 2.75. The summed E-state index contributed by atoms with van der Waals surface area (Å²) in [5.41, 5.74) is 4.58. The Morgan fingerprint density at radius 2 is 2.27 bits per heavy atom. The molecular formula is C6H5NO4. The van der Waals surface area contributed by atoms with Crippen molar-refractivity contribution in [3.63, 3.8) is 0 Å². The predicted octanol–water partition coefficient (Wildman–Crippen LogP) is 0.515. The van der Waals surface area contributed by atoms with Gasteiger partial charge in [0.05, 0.1) is 6.26 Å². The first-order valence-electron chi connectivity index (χ1n) is 2.75. The Labute approximate surface area is 61.7 Å². The summed E-state index contributed by atoms with van der Waals surface area (Å²) in [6.45, 7) is 0. The van der Waals surface area contributed by atoms with Crippen molar-refractivity contribution in [2.75, 3.05) is 0 Å². The van der Waals surface area contributed by atoms with Crippen molar-refractivity contribution in [1.82, 2.24) is 0 Å². The van der Waals surface area contributed by atoms with E-state index in [-0.39, 0.29) is 5.76 Å². The molecule has 0 aliphatic carbocycles. The molecule has 0 bridgehead atoms. The average molecular weight is 155 g/mol. The summed E-state index contributed by atoms with van der Waals surface area (Å²) in [4.78, 5) is 20.7.